The molecule has 3 nitrogen and oxygen atoms in total. The maximum Gasteiger partial charge on any atom is 0.191 e. The third kappa shape index (κ3) is 3.44. The highest BCUT2D eigenvalue weighted by Gasteiger charge is 1.92. The SMILES string of the molecule is N#Cc1cccc(/C=C/Sc2ncccn2)c1. The molecule has 0 N–H and O–H groups in total. The van der Waals surface area contributed by atoms with Gasteiger partial charge in [0.1, 0.15) is 0 Å². The van der Waals surface area contributed by atoms with Crippen molar-refractivity contribution in [1.82, 2.24) is 9.97 Å². The summed E-state index contributed by atoms with van der Waals surface area (Å²) in [5.41, 5.74) is 1.65. The standard InChI is InChI=1S/C13H9N3S/c14-10-12-4-1-3-11(9-12)5-8-17-13-15-6-2-7-16-13/h1-9H/b8-5+. The molecule has 0 aliphatic heterocycles. The molecule has 0 aliphatic carbocycles. The predicted molar refractivity (Wildman–Crippen MR) is 68.1 cm³/mol. The minimum Gasteiger partial charge on any atom is -0.231 e. The van der Waals surface area contributed by atoms with Gasteiger partial charge in [-0.1, -0.05) is 23.9 Å². The molecule has 0 saturated heterocycles. The van der Waals surface area contributed by atoms with Crippen LogP contribution in [0, 0.1) is 11.3 Å². The second-order valence-electron chi connectivity index (χ2n) is 3.19. The summed E-state index contributed by atoms with van der Waals surface area (Å²) in [5, 5.41) is 11.4. The highest BCUT2D eigenvalue weighted by Crippen LogP contribution is 2.15. The molecule has 0 amide bonds. The molecule has 1 heterocycles. The van der Waals surface area contributed by atoms with Gasteiger partial charge in [0, 0.05) is 12.4 Å². The highest BCUT2D eigenvalue weighted by molar-refractivity contribution is 8.02. The van der Waals surface area contributed by atoms with E-state index in [0.717, 1.165) is 5.56 Å². The number of benzene rings is 1. The molecular weight excluding hydrogens is 230 g/mol. The van der Waals surface area contributed by atoms with Gasteiger partial charge < -0.3 is 0 Å². The summed E-state index contributed by atoms with van der Waals surface area (Å²) in [7, 11) is 0. The number of nitriles is 1. The first-order valence-corrected chi connectivity index (χ1v) is 5.87. The second kappa shape index (κ2) is 5.83. The van der Waals surface area contributed by atoms with E-state index in [9.17, 15) is 0 Å². The van der Waals surface area contributed by atoms with E-state index in [1.165, 1.54) is 11.8 Å². The minimum absolute atomic E-state index is 0.660. The Hall–Kier alpha value is -2.12. The van der Waals surface area contributed by atoms with Crippen LogP contribution < -0.4 is 0 Å². The van der Waals surface area contributed by atoms with E-state index in [-0.39, 0.29) is 0 Å². The van der Waals surface area contributed by atoms with E-state index in [4.69, 9.17) is 5.26 Å². The highest BCUT2D eigenvalue weighted by atomic mass is 32.2. The number of hydrogen-bond acceptors (Lipinski definition) is 4. The van der Waals surface area contributed by atoms with Crippen molar-refractivity contribution < 1.29 is 0 Å². The van der Waals surface area contributed by atoms with E-state index >= 15 is 0 Å². The molecular formula is C13H9N3S. The van der Waals surface area contributed by atoms with Crippen molar-refractivity contribution in [3.8, 4) is 6.07 Å². The van der Waals surface area contributed by atoms with Gasteiger partial charge in [0.05, 0.1) is 11.6 Å². The van der Waals surface area contributed by atoms with E-state index in [1.54, 1.807) is 24.5 Å². The number of thioether (sulfide) groups is 1. The van der Waals surface area contributed by atoms with Gasteiger partial charge in [-0.25, -0.2) is 9.97 Å². The molecule has 0 atom stereocenters. The third-order valence-electron chi connectivity index (χ3n) is 1.99. The normalized spacial score (nSPS) is 10.3. The molecule has 2 aromatic rings. The summed E-state index contributed by atoms with van der Waals surface area (Å²) >= 11 is 1.44. The number of rotatable bonds is 3. The Morgan fingerprint density at radius 1 is 1.18 bits per heavy atom. The van der Waals surface area contributed by atoms with Crippen molar-refractivity contribution in [3.05, 3.63) is 59.3 Å². The molecule has 0 spiro atoms. The Balaban J connectivity index is 2.04. The molecule has 17 heavy (non-hydrogen) atoms. The summed E-state index contributed by atoms with van der Waals surface area (Å²) in [6.45, 7) is 0. The Labute approximate surface area is 104 Å². The average Bonchev–Trinajstić information content (AvgIpc) is 2.40. The van der Waals surface area contributed by atoms with Crippen molar-refractivity contribution in [2.75, 3.05) is 0 Å². The first-order valence-electron chi connectivity index (χ1n) is 4.99. The Morgan fingerprint density at radius 3 is 2.76 bits per heavy atom. The lowest BCUT2D eigenvalue weighted by molar-refractivity contribution is 0.971. The molecule has 4 heteroatoms. The predicted octanol–water partition coefficient (Wildman–Crippen LogP) is 3.11. The molecule has 0 fully saturated rings. The first-order chi connectivity index (χ1) is 8.38. The molecule has 2 rings (SSSR count). The summed E-state index contributed by atoms with van der Waals surface area (Å²) in [4.78, 5) is 8.18. The molecule has 0 aliphatic rings. The zero-order valence-corrected chi connectivity index (χ0v) is 9.76. The largest absolute Gasteiger partial charge is 0.231 e. The lowest BCUT2D eigenvalue weighted by Crippen LogP contribution is -1.80. The van der Waals surface area contributed by atoms with Gasteiger partial charge in [0.2, 0.25) is 0 Å². The van der Waals surface area contributed by atoms with Gasteiger partial charge in [-0.15, -0.1) is 0 Å². The van der Waals surface area contributed by atoms with Crippen LogP contribution in [0.25, 0.3) is 6.08 Å². The van der Waals surface area contributed by atoms with E-state index in [0.29, 0.717) is 10.7 Å². The van der Waals surface area contributed by atoms with Crippen molar-refractivity contribution in [1.29, 1.82) is 5.26 Å². The summed E-state index contributed by atoms with van der Waals surface area (Å²) in [6.07, 6.45) is 5.35. The van der Waals surface area contributed by atoms with E-state index in [2.05, 4.69) is 16.0 Å². The quantitative estimate of drug-likeness (QED) is 0.610. The van der Waals surface area contributed by atoms with Crippen LogP contribution in [0.5, 0.6) is 0 Å². The zero-order valence-electron chi connectivity index (χ0n) is 8.95. The monoisotopic (exact) mass is 239 g/mol. The molecule has 0 radical (unpaired) electrons. The van der Waals surface area contributed by atoms with Crippen molar-refractivity contribution in [2.24, 2.45) is 0 Å². The fraction of sp³-hybridized carbons (Fsp3) is 0. The fourth-order valence-corrected chi connectivity index (χ4v) is 1.82. The number of hydrogen-bond donors (Lipinski definition) is 0. The smallest absolute Gasteiger partial charge is 0.191 e. The van der Waals surface area contributed by atoms with Crippen LogP contribution in [0.1, 0.15) is 11.1 Å². The van der Waals surface area contributed by atoms with Crippen LogP contribution in [0.15, 0.2) is 53.3 Å². The maximum atomic E-state index is 8.77. The van der Waals surface area contributed by atoms with Gasteiger partial charge in [-0.2, -0.15) is 5.26 Å². The van der Waals surface area contributed by atoms with E-state index < -0.39 is 0 Å². The lowest BCUT2D eigenvalue weighted by Gasteiger charge is -1.94. The molecule has 0 saturated carbocycles. The van der Waals surface area contributed by atoms with Crippen LogP contribution >= 0.6 is 11.8 Å². The van der Waals surface area contributed by atoms with Crippen LogP contribution in [-0.2, 0) is 0 Å². The number of aromatic nitrogens is 2. The van der Waals surface area contributed by atoms with Crippen molar-refractivity contribution in [2.45, 2.75) is 5.16 Å². The number of nitrogens with zero attached hydrogens (tertiary/aromatic N) is 3. The van der Waals surface area contributed by atoms with E-state index in [1.807, 2.05) is 29.7 Å². The van der Waals surface area contributed by atoms with Crippen LogP contribution in [-0.4, -0.2) is 9.97 Å². The fourth-order valence-electron chi connectivity index (χ4n) is 1.23. The zero-order chi connectivity index (χ0) is 11.9. The third-order valence-corrected chi connectivity index (χ3v) is 2.69. The topological polar surface area (TPSA) is 49.6 Å². The Bertz CT molecular complexity index is 558. The van der Waals surface area contributed by atoms with Crippen LogP contribution in [0.2, 0.25) is 0 Å². The average molecular weight is 239 g/mol. The van der Waals surface area contributed by atoms with Gasteiger partial charge in [-0.3, -0.25) is 0 Å². The second-order valence-corrected chi connectivity index (χ2v) is 4.06. The summed E-state index contributed by atoms with van der Waals surface area (Å²) < 4.78 is 0. The minimum atomic E-state index is 0.660. The Morgan fingerprint density at radius 2 is 2.00 bits per heavy atom. The summed E-state index contributed by atoms with van der Waals surface area (Å²) in [6, 6.07) is 11.3. The summed E-state index contributed by atoms with van der Waals surface area (Å²) in [5.74, 6) is 0. The maximum absolute atomic E-state index is 8.77. The van der Waals surface area contributed by atoms with Gasteiger partial charge >= 0.3 is 0 Å². The molecule has 0 bridgehead atoms. The van der Waals surface area contributed by atoms with Gasteiger partial charge in [0.15, 0.2) is 5.16 Å². The van der Waals surface area contributed by atoms with Crippen LogP contribution in [0.4, 0.5) is 0 Å². The van der Waals surface area contributed by atoms with Gasteiger partial charge in [0.25, 0.3) is 0 Å². The first kappa shape index (κ1) is 11.4. The molecule has 0 unspecified atom stereocenters. The van der Waals surface area contributed by atoms with Crippen molar-refractivity contribution >= 4 is 17.8 Å². The van der Waals surface area contributed by atoms with Crippen LogP contribution in [0.3, 0.4) is 0 Å². The molecule has 82 valence electrons. The van der Waals surface area contributed by atoms with Gasteiger partial charge in [-0.05, 0) is 35.2 Å². The molecule has 1 aromatic heterocycles. The van der Waals surface area contributed by atoms with Crippen molar-refractivity contribution in [3.63, 3.8) is 0 Å². The lowest BCUT2D eigenvalue weighted by atomic mass is 10.1. The molecule has 1 aromatic carbocycles. The Kier molecular flexibility index (Phi) is 3.90.